The van der Waals surface area contributed by atoms with Crippen LogP contribution in [0.3, 0.4) is 0 Å². The fourth-order valence-corrected chi connectivity index (χ4v) is 3.92. The Morgan fingerprint density at radius 2 is 1.97 bits per heavy atom. The van der Waals surface area contributed by atoms with Gasteiger partial charge in [0.1, 0.15) is 17.4 Å². The van der Waals surface area contributed by atoms with Gasteiger partial charge in [-0.25, -0.2) is 9.50 Å². The van der Waals surface area contributed by atoms with E-state index in [-0.39, 0.29) is 18.2 Å². The summed E-state index contributed by atoms with van der Waals surface area (Å²) in [6.45, 7) is 3.75. The maximum absolute atomic E-state index is 12.8. The van der Waals surface area contributed by atoms with Crippen LogP contribution in [0.1, 0.15) is 42.4 Å². The van der Waals surface area contributed by atoms with Gasteiger partial charge in [-0.3, -0.25) is 9.59 Å². The van der Waals surface area contributed by atoms with Crippen LogP contribution in [0.2, 0.25) is 0 Å². The second-order valence-electron chi connectivity index (χ2n) is 7.72. The van der Waals surface area contributed by atoms with Crippen LogP contribution in [-0.4, -0.2) is 36.8 Å². The number of anilines is 2. The largest absolute Gasteiger partial charge is 0.394 e. The lowest BCUT2D eigenvalue weighted by atomic mass is 10.1. The first-order valence-corrected chi connectivity index (χ1v) is 10.8. The van der Waals surface area contributed by atoms with Crippen molar-refractivity contribution >= 4 is 22.9 Å². The SMILES string of the molecule is CCc1cc(-c2ccc(NC(=O)c3cccn(C(CC)CO)c3=O)cc2)c2c(N)ncnn12. The van der Waals surface area contributed by atoms with Crippen molar-refractivity contribution in [3.63, 3.8) is 0 Å². The maximum atomic E-state index is 12.8. The van der Waals surface area contributed by atoms with Gasteiger partial charge in [0.2, 0.25) is 0 Å². The first-order chi connectivity index (χ1) is 16.0. The van der Waals surface area contributed by atoms with E-state index in [9.17, 15) is 14.7 Å². The van der Waals surface area contributed by atoms with Crippen molar-refractivity contribution in [3.05, 3.63) is 76.6 Å². The normalized spacial score (nSPS) is 12.1. The number of aliphatic hydroxyl groups excluding tert-OH is 1. The van der Waals surface area contributed by atoms with Gasteiger partial charge in [-0.1, -0.05) is 26.0 Å². The van der Waals surface area contributed by atoms with Gasteiger partial charge in [0.05, 0.1) is 12.6 Å². The molecular formula is C24H26N6O3. The molecule has 0 fully saturated rings. The van der Waals surface area contributed by atoms with Gasteiger partial charge in [0.25, 0.3) is 11.5 Å². The van der Waals surface area contributed by atoms with Gasteiger partial charge >= 0.3 is 0 Å². The van der Waals surface area contributed by atoms with Crippen LogP contribution >= 0.6 is 0 Å². The number of hydrogen-bond acceptors (Lipinski definition) is 6. The molecule has 0 aliphatic heterocycles. The summed E-state index contributed by atoms with van der Waals surface area (Å²) in [5.74, 6) is -0.110. The zero-order chi connectivity index (χ0) is 23.5. The number of amides is 1. The number of nitrogens with one attached hydrogen (secondary N) is 1. The third kappa shape index (κ3) is 4.10. The molecule has 9 heteroatoms. The molecule has 0 saturated carbocycles. The zero-order valence-corrected chi connectivity index (χ0v) is 18.5. The molecule has 1 unspecified atom stereocenters. The second-order valence-corrected chi connectivity index (χ2v) is 7.72. The molecule has 0 saturated heterocycles. The lowest BCUT2D eigenvalue weighted by molar-refractivity contribution is 0.102. The molecule has 1 aromatic carbocycles. The van der Waals surface area contributed by atoms with E-state index in [0.717, 1.165) is 28.8 Å². The number of rotatable bonds is 7. The van der Waals surface area contributed by atoms with E-state index in [1.807, 2.05) is 32.0 Å². The van der Waals surface area contributed by atoms with E-state index in [1.54, 1.807) is 28.9 Å². The summed E-state index contributed by atoms with van der Waals surface area (Å²) in [4.78, 5) is 29.6. The van der Waals surface area contributed by atoms with E-state index in [4.69, 9.17) is 5.73 Å². The lowest BCUT2D eigenvalue weighted by Crippen LogP contribution is -2.32. The number of benzene rings is 1. The molecule has 0 bridgehead atoms. The van der Waals surface area contributed by atoms with Gasteiger partial charge in [0.15, 0.2) is 5.82 Å². The van der Waals surface area contributed by atoms with E-state index in [1.165, 1.54) is 17.0 Å². The molecule has 4 aromatic rings. The third-order valence-corrected chi connectivity index (χ3v) is 5.77. The minimum absolute atomic E-state index is 0.0180. The highest BCUT2D eigenvalue weighted by molar-refractivity contribution is 6.04. The number of fused-ring (bicyclic) bond motifs is 1. The zero-order valence-electron chi connectivity index (χ0n) is 18.5. The Labute approximate surface area is 190 Å². The van der Waals surface area contributed by atoms with Crippen molar-refractivity contribution in [2.75, 3.05) is 17.7 Å². The molecular weight excluding hydrogens is 420 g/mol. The second kappa shape index (κ2) is 9.25. The summed E-state index contributed by atoms with van der Waals surface area (Å²) in [7, 11) is 0. The fraction of sp³-hybridized carbons (Fsp3) is 0.250. The first kappa shape index (κ1) is 22.2. The summed E-state index contributed by atoms with van der Waals surface area (Å²) in [5, 5.41) is 16.6. The number of carbonyl (C=O) groups excluding carboxylic acids is 1. The first-order valence-electron chi connectivity index (χ1n) is 10.8. The van der Waals surface area contributed by atoms with Crippen molar-refractivity contribution in [1.29, 1.82) is 0 Å². The Kier molecular flexibility index (Phi) is 6.23. The topological polar surface area (TPSA) is 128 Å². The molecule has 33 heavy (non-hydrogen) atoms. The number of carbonyl (C=O) groups is 1. The van der Waals surface area contributed by atoms with Gasteiger partial charge in [-0.15, -0.1) is 0 Å². The minimum atomic E-state index is -0.505. The van der Waals surface area contributed by atoms with Crippen molar-refractivity contribution in [2.45, 2.75) is 32.7 Å². The molecule has 3 heterocycles. The average Bonchev–Trinajstić information content (AvgIpc) is 3.21. The van der Waals surface area contributed by atoms with E-state index < -0.39 is 11.5 Å². The Morgan fingerprint density at radius 1 is 1.21 bits per heavy atom. The number of nitrogen functional groups attached to an aromatic ring is 1. The van der Waals surface area contributed by atoms with E-state index in [0.29, 0.717) is 17.9 Å². The number of aryl methyl sites for hydroxylation is 1. The highest BCUT2D eigenvalue weighted by Crippen LogP contribution is 2.31. The van der Waals surface area contributed by atoms with Crippen LogP contribution in [0.25, 0.3) is 16.6 Å². The van der Waals surface area contributed by atoms with Crippen LogP contribution in [0, 0.1) is 0 Å². The molecule has 0 spiro atoms. The van der Waals surface area contributed by atoms with Gasteiger partial charge in [-0.05, 0) is 48.7 Å². The molecule has 0 radical (unpaired) electrons. The average molecular weight is 447 g/mol. The number of hydrogen-bond donors (Lipinski definition) is 3. The molecule has 1 atom stereocenters. The van der Waals surface area contributed by atoms with E-state index in [2.05, 4.69) is 15.4 Å². The van der Waals surface area contributed by atoms with Crippen molar-refractivity contribution in [1.82, 2.24) is 19.2 Å². The standard InChI is InChI=1S/C24H26N6O3/c1-3-17-12-20(21-22(25)26-14-27-30(17)21)15-7-9-16(10-8-15)28-23(32)19-6-5-11-29(24(19)33)18(4-2)13-31/h5-12,14,18,31H,3-4,13H2,1-2H3,(H,28,32)(H2,25,26,27). The Bertz CT molecular complexity index is 1350. The third-order valence-electron chi connectivity index (χ3n) is 5.77. The summed E-state index contributed by atoms with van der Waals surface area (Å²) < 4.78 is 3.19. The van der Waals surface area contributed by atoms with Gasteiger partial charge in [0, 0.05) is 23.1 Å². The number of nitrogens with two attached hydrogens (primary N) is 1. The van der Waals surface area contributed by atoms with E-state index >= 15 is 0 Å². The molecule has 170 valence electrons. The summed E-state index contributed by atoms with van der Waals surface area (Å²) >= 11 is 0. The highest BCUT2D eigenvalue weighted by atomic mass is 16.3. The van der Waals surface area contributed by atoms with Gasteiger partial charge in [-0.2, -0.15) is 5.10 Å². The van der Waals surface area contributed by atoms with Crippen LogP contribution < -0.4 is 16.6 Å². The van der Waals surface area contributed by atoms with Crippen molar-refractivity contribution < 1.29 is 9.90 Å². The van der Waals surface area contributed by atoms with Crippen LogP contribution in [0.5, 0.6) is 0 Å². The van der Waals surface area contributed by atoms with Crippen molar-refractivity contribution in [3.8, 4) is 11.1 Å². The molecule has 4 N–H and O–H groups in total. The summed E-state index contributed by atoms with van der Waals surface area (Å²) in [5.41, 5.74) is 9.82. The number of nitrogens with zero attached hydrogens (tertiary/aromatic N) is 4. The van der Waals surface area contributed by atoms with Crippen LogP contribution in [0.4, 0.5) is 11.5 Å². The van der Waals surface area contributed by atoms with Crippen LogP contribution in [0.15, 0.2) is 59.8 Å². The number of aromatic nitrogens is 4. The summed E-state index contributed by atoms with van der Waals surface area (Å²) in [6, 6.07) is 12.1. The predicted molar refractivity (Wildman–Crippen MR) is 127 cm³/mol. The smallest absolute Gasteiger partial charge is 0.263 e. The molecule has 3 aromatic heterocycles. The fourth-order valence-electron chi connectivity index (χ4n) is 3.92. The quantitative estimate of drug-likeness (QED) is 0.401. The molecule has 0 aliphatic rings. The number of pyridine rings is 1. The minimum Gasteiger partial charge on any atom is -0.394 e. The van der Waals surface area contributed by atoms with Gasteiger partial charge < -0.3 is 20.7 Å². The maximum Gasteiger partial charge on any atom is 0.263 e. The predicted octanol–water partition coefficient (Wildman–Crippen LogP) is 2.90. The lowest BCUT2D eigenvalue weighted by Gasteiger charge is -2.16. The van der Waals surface area contributed by atoms with Crippen molar-refractivity contribution in [2.24, 2.45) is 0 Å². The molecule has 1 amide bonds. The van der Waals surface area contributed by atoms with Crippen LogP contribution in [-0.2, 0) is 6.42 Å². The molecule has 4 rings (SSSR count). The molecule has 9 nitrogen and oxygen atoms in total. The summed E-state index contributed by atoms with van der Waals surface area (Å²) in [6.07, 6.45) is 4.38. The Morgan fingerprint density at radius 3 is 2.64 bits per heavy atom. The number of aliphatic hydroxyl groups is 1. The highest BCUT2D eigenvalue weighted by Gasteiger charge is 2.17. The molecule has 0 aliphatic carbocycles. The monoisotopic (exact) mass is 446 g/mol. The Balaban J connectivity index is 1.61. The Hall–Kier alpha value is -3.98.